The van der Waals surface area contributed by atoms with Gasteiger partial charge in [0.1, 0.15) is 54.2 Å². The van der Waals surface area contributed by atoms with Crippen molar-refractivity contribution in [2.75, 3.05) is 19.8 Å². The molecule has 14 nitrogen and oxygen atoms in total. The number of carbonyl (C=O) groups excluding carboxylic acids is 4. The summed E-state index contributed by atoms with van der Waals surface area (Å²) in [6.07, 6.45) is 1.65. The molecule has 6 aromatic rings. The highest BCUT2D eigenvalue weighted by Gasteiger charge is 2.45. The maximum absolute atomic E-state index is 14.1. The molecule has 1 aliphatic carbocycles. The zero-order valence-electron chi connectivity index (χ0n) is 32.9. The molecule has 1 unspecified atom stereocenters. The summed E-state index contributed by atoms with van der Waals surface area (Å²) < 4.78 is 67.2. The number of aryl methyl sites for hydroxylation is 1. The van der Waals surface area contributed by atoms with Gasteiger partial charge < -0.3 is 23.5 Å². The molecule has 9 rings (SSSR count). The smallest absolute Gasteiger partial charge is 0.420 e. The number of imide groups is 2. The van der Waals surface area contributed by atoms with Crippen LogP contribution in [0.15, 0.2) is 85.5 Å². The first-order valence-corrected chi connectivity index (χ1v) is 19.7. The molecule has 314 valence electrons. The minimum absolute atomic E-state index is 0.00921. The number of aromatic nitrogens is 4. The van der Waals surface area contributed by atoms with E-state index in [1.165, 1.54) is 18.2 Å². The molecule has 1 saturated carbocycles. The Morgan fingerprint density at radius 2 is 1.63 bits per heavy atom. The monoisotopic (exact) mass is 844 g/mol. The van der Waals surface area contributed by atoms with E-state index in [-0.39, 0.29) is 61.3 Å². The van der Waals surface area contributed by atoms with E-state index in [9.17, 15) is 32.3 Å². The predicted octanol–water partition coefficient (Wildman–Crippen LogP) is 6.04. The van der Waals surface area contributed by atoms with Crippen molar-refractivity contribution >= 4 is 45.4 Å². The van der Waals surface area contributed by atoms with E-state index in [4.69, 9.17) is 18.9 Å². The minimum Gasteiger partial charge on any atom is -0.491 e. The topological polar surface area (TPSA) is 164 Å². The largest absolute Gasteiger partial charge is 0.491 e. The van der Waals surface area contributed by atoms with Crippen molar-refractivity contribution in [3.8, 4) is 40.3 Å². The van der Waals surface area contributed by atoms with Gasteiger partial charge in [-0.1, -0.05) is 18.1 Å². The zero-order chi connectivity index (χ0) is 43.1. The Balaban J connectivity index is 0.733. The van der Waals surface area contributed by atoms with Gasteiger partial charge >= 0.3 is 6.18 Å². The molecule has 1 saturated heterocycles. The number of rotatable bonds is 11. The van der Waals surface area contributed by atoms with E-state index in [2.05, 4.69) is 48.8 Å². The molecule has 2 fully saturated rings. The van der Waals surface area contributed by atoms with Gasteiger partial charge in [0.25, 0.3) is 11.8 Å². The van der Waals surface area contributed by atoms with Gasteiger partial charge in [-0.3, -0.25) is 34.4 Å². The van der Waals surface area contributed by atoms with E-state index in [0.29, 0.717) is 18.7 Å². The first kappa shape index (κ1) is 40.1. The number of piperidine rings is 1. The van der Waals surface area contributed by atoms with E-state index in [1.807, 2.05) is 31.4 Å². The van der Waals surface area contributed by atoms with Gasteiger partial charge in [-0.25, -0.2) is 9.97 Å². The van der Waals surface area contributed by atoms with Gasteiger partial charge in [0, 0.05) is 72.8 Å². The van der Waals surface area contributed by atoms with Crippen LogP contribution in [0.25, 0.3) is 32.9 Å². The summed E-state index contributed by atoms with van der Waals surface area (Å²) in [5.41, 5.74) is 3.13. The molecule has 1 N–H and O–H groups in total. The highest BCUT2D eigenvalue weighted by molar-refractivity contribution is 6.23. The predicted molar refractivity (Wildman–Crippen MR) is 215 cm³/mol. The number of benzene rings is 2. The number of ether oxygens (including phenoxy) is 4. The zero-order valence-corrected chi connectivity index (χ0v) is 32.9. The quantitative estimate of drug-likeness (QED) is 0.0919. The fourth-order valence-electron chi connectivity index (χ4n) is 7.75. The molecular formula is C45H35F3N6O8. The van der Waals surface area contributed by atoms with E-state index in [1.54, 1.807) is 18.5 Å². The van der Waals surface area contributed by atoms with E-state index in [0.717, 1.165) is 50.1 Å². The van der Waals surface area contributed by atoms with Crippen LogP contribution in [0, 0.1) is 11.8 Å². The van der Waals surface area contributed by atoms with Crippen molar-refractivity contribution in [3.05, 3.63) is 108 Å². The Kier molecular flexibility index (Phi) is 10.5. The van der Waals surface area contributed by atoms with Gasteiger partial charge in [-0.05, 0) is 60.4 Å². The summed E-state index contributed by atoms with van der Waals surface area (Å²) in [7, 11) is 2.02. The molecule has 2 aromatic carbocycles. The second-order valence-electron chi connectivity index (χ2n) is 14.9. The number of hydrogen-bond donors (Lipinski definition) is 1. The Hall–Kier alpha value is -7.32. The Morgan fingerprint density at radius 3 is 2.42 bits per heavy atom. The number of carbonyl (C=O) groups is 4. The van der Waals surface area contributed by atoms with Crippen LogP contribution in [0.5, 0.6) is 17.4 Å². The molecule has 2 aliphatic heterocycles. The van der Waals surface area contributed by atoms with Gasteiger partial charge in [0.05, 0.1) is 29.4 Å². The van der Waals surface area contributed by atoms with Crippen molar-refractivity contribution in [1.29, 1.82) is 0 Å². The second-order valence-corrected chi connectivity index (χ2v) is 14.9. The lowest BCUT2D eigenvalue weighted by molar-refractivity contribution is -0.140. The summed E-state index contributed by atoms with van der Waals surface area (Å²) >= 11 is 0. The lowest BCUT2D eigenvalue weighted by atomic mass is 9.92. The van der Waals surface area contributed by atoms with E-state index < -0.39 is 53.3 Å². The molecular weight excluding hydrogens is 810 g/mol. The Morgan fingerprint density at radius 1 is 0.823 bits per heavy atom. The Labute approximate surface area is 351 Å². The molecule has 3 aliphatic rings. The van der Waals surface area contributed by atoms with E-state index >= 15 is 0 Å². The normalized spacial score (nSPS) is 18.6. The SMILES string of the molecule is Cn1c2ccncc2c2ccc(-c3ccc(O[C@H]4C[C@H](Oc5cnc(C#CCOCCOc6ccc7c(c6)C(=O)N(C6CCC(=O)NC6=O)C7=O)cc5C(F)(F)F)C4)nc3)cc21. The average Bonchev–Trinajstić information content (AvgIpc) is 3.67. The second kappa shape index (κ2) is 16.3. The number of hydrogen-bond acceptors (Lipinski definition) is 11. The van der Waals surface area contributed by atoms with Gasteiger partial charge in [-0.15, -0.1) is 0 Å². The van der Waals surface area contributed by atoms with Crippen molar-refractivity contribution < 1.29 is 51.3 Å². The molecule has 4 amide bonds. The van der Waals surface area contributed by atoms with Gasteiger partial charge in [0.2, 0.25) is 17.7 Å². The maximum Gasteiger partial charge on any atom is 0.420 e. The molecule has 0 bridgehead atoms. The molecule has 6 heterocycles. The molecule has 0 spiro atoms. The average molecular weight is 845 g/mol. The van der Waals surface area contributed by atoms with Crippen molar-refractivity contribution in [2.45, 2.75) is 50.1 Å². The number of nitrogens with zero attached hydrogens (tertiary/aromatic N) is 5. The summed E-state index contributed by atoms with van der Waals surface area (Å²) in [6, 6.07) is 16.0. The van der Waals surface area contributed by atoms with Gasteiger partial charge in [0.15, 0.2) is 0 Å². The molecule has 1 atom stereocenters. The lowest BCUT2D eigenvalue weighted by Crippen LogP contribution is -2.54. The molecule has 4 aromatic heterocycles. The third-order valence-electron chi connectivity index (χ3n) is 11.0. The Bertz CT molecular complexity index is 2840. The number of nitrogens with one attached hydrogen (secondary N) is 1. The third kappa shape index (κ3) is 7.87. The number of amides is 4. The maximum atomic E-state index is 14.1. The third-order valence-corrected chi connectivity index (χ3v) is 11.0. The summed E-state index contributed by atoms with van der Waals surface area (Å²) in [6.45, 7) is -0.0623. The van der Waals surface area contributed by atoms with Crippen molar-refractivity contribution in [2.24, 2.45) is 7.05 Å². The highest BCUT2D eigenvalue weighted by Crippen LogP contribution is 2.39. The van der Waals surface area contributed by atoms with Crippen LogP contribution in [-0.2, 0) is 27.5 Å². The fraction of sp³-hybridized carbons (Fsp3) is 0.267. The van der Waals surface area contributed by atoms with Crippen LogP contribution in [0.3, 0.4) is 0 Å². The first-order chi connectivity index (χ1) is 29.9. The lowest BCUT2D eigenvalue weighted by Gasteiger charge is -2.35. The molecule has 62 heavy (non-hydrogen) atoms. The highest BCUT2D eigenvalue weighted by atomic mass is 19.4. The number of halogens is 3. The van der Waals surface area contributed by atoms with Crippen LogP contribution >= 0.6 is 0 Å². The summed E-state index contributed by atoms with van der Waals surface area (Å²) in [5, 5.41) is 4.34. The molecule has 17 heteroatoms. The van der Waals surface area contributed by atoms with Crippen molar-refractivity contribution in [3.63, 3.8) is 0 Å². The van der Waals surface area contributed by atoms with Gasteiger partial charge in [-0.2, -0.15) is 13.2 Å². The standard InChI is InChI=1S/C45H35F3N6O8/c1-53-36-12-13-49-23-34(36)31-7-4-25(17-38(31)53)26-5-11-41(51-22-26)62-30-19-29(20-30)61-39-24-50-27(18-35(39)45(46,47)48)3-2-14-59-15-16-60-28-6-8-32-33(21-28)44(58)54(43(32)57)37-9-10-40(55)52-42(37)56/h4-8,11-13,17-18,21-24,29-30,37H,9-10,14-16,19-20H2,1H3,(H,52,55,56)/t29-,30-,37?. The minimum atomic E-state index is -4.72. The molecule has 0 radical (unpaired) electrons. The van der Waals surface area contributed by atoms with Crippen LogP contribution in [0.2, 0.25) is 0 Å². The number of fused-ring (bicyclic) bond motifs is 4. The van der Waals surface area contributed by atoms with Crippen molar-refractivity contribution in [1.82, 2.24) is 29.7 Å². The fourth-order valence-corrected chi connectivity index (χ4v) is 7.75. The van der Waals surface area contributed by atoms with Crippen LogP contribution in [0.4, 0.5) is 13.2 Å². The van der Waals surface area contributed by atoms with Crippen LogP contribution < -0.4 is 19.5 Å². The summed E-state index contributed by atoms with van der Waals surface area (Å²) in [5.74, 6) is 3.03. The van der Waals surface area contributed by atoms with Crippen LogP contribution in [0.1, 0.15) is 57.7 Å². The number of pyridine rings is 3. The number of alkyl halides is 3. The van der Waals surface area contributed by atoms with Crippen LogP contribution in [-0.4, -0.2) is 86.1 Å². The summed E-state index contributed by atoms with van der Waals surface area (Å²) in [4.78, 5) is 63.4. The first-order valence-electron chi connectivity index (χ1n) is 19.7.